The lowest BCUT2D eigenvalue weighted by Gasteiger charge is -2.20. The molecule has 7 heteroatoms. The summed E-state index contributed by atoms with van der Waals surface area (Å²) in [5, 5.41) is 14.4. The number of carbonyl (C=O) groups is 3. The van der Waals surface area contributed by atoms with Gasteiger partial charge in [-0.1, -0.05) is 55.5 Å². The van der Waals surface area contributed by atoms with Gasteiger partial charge in [0.2, 0.25) is 5.91 Å². The topological polar surface area (TPSA) is 105 Å². The Labute approximate surface area is 194 Å². The predicted octanol–water partition coefficient (Wildman–Crippen LogP) is 4.45. The van der Waals surface area contributed by atoms with Crippen molar-refractivity contribution >= 4 is 18.0 Å². The quantitative estimate of drug-likeness (QED) is 0.467. The van der Waals surface area contributed by atoms with Crippen LogP contribution in [0.25, 0.3) is 11.1 Å². The van der Waals surface area contributed by atoms with Crippen LogP contribution >= 0.6 is 0 Å². The second-order valence-electron chi connectivity index (χ2n) is 8.53. The van der Waals surface area contributed by atoms with Crippen molar-refractivity contribution in [2.75, 3.05) is 6.61 Å². The van der Waals surface area contributed by atoms with Crippen LogP contribution in [0.3, 0.4) is 0 Å². The minimum atomic E-state index is -0.841. The van der Waals surface area contributed by atoms with Gasteiger partial charge in [-0.3, -0.25) is 9.59 Å². The Morgan fingerprint density at radius 2 is 1.61 bits per heavy atom. The normalized spacial score (nSPS) is 14.0. The van der Waals surface area contributed by atoms with Gasteiger partial charge in [-0.2, -0.15) is 0 Å². The Morgan fingerprint density at radius 1 is 1.00 bits per heavy atom. The summed E-state index contributed by atoms with van der Waals surface area (Å²) in [6.07, 6.45) is 1.38. The van der Waals surface area contributed by atoms with E-state index in [0.29, 0.717) is 19.3 Å². The van der Waals surface area contributed by atoms with Crippen molar-refractivity contribution in [2.24, 2.45) is 0 Å². The minimum Gasteiger partial charge on any atom is -0.481 e. The third-order valence-electron chi connectivity index (χ3n) is 6.03. The number of alkyl carbamates (subject to hydrolysis) is 1. The molecule has 3 N–H and O–H groups in total. The molecule has 7 nitrogen and oxygen atoms in total. The molecule has 0 aliphatic heterocycles. The number of ether oxygens (including phenoxy) is 1. The first-order valence-corrected chi connectivity index (χ1v) is 11.5. The van der Waals surface area contributed by atoms with E-state index in [9.17, 15) is 14.4 Å². The average Bonchev–Trinajstić information content (AvgIpc) is 3.10. The maximum atomic E-state index is 12.5. The van der Waals surface area contributed by atoms with E-state index in [4.69, 9.17) is 9.84 Å². The number of carboxylic acids is 1. The molecule has 33 heavy (non-hydrogen) atoms. The van der Waals surface area contributed by atoms with Crippen molar-refractivity contribution in [1.29, 1.82) is 0 Å². The first-order chi connectivity index (χ1) is 15.9. The van der Waals surface area contributed by atoms with Crippen LogP contribution in [-0.2, 0) is 14.3 Å². The van der Waals surface area contributed by atoms with E-state index < -0.39 is 12.1 Å². The van der Waals surface area contributed by atoms with Gasteiger partial charge in [0.15, 0.2) is 0 Å². The van der Waals surface area contributed by atoms with Crippen LogP contribution in [0.15, 0.2) is 48.5 Å². The van der Waals surface area contributed by atoms with E-state index in [2.05, 4.69) is 34.9 Å². The number of fused-ring (bicyclic) bond motifs is 3. The lowest BCUT2D eigenvalue weighted by atomic mass is 9.98. The molecule has 176 valence electrons. The van der Waals surface area contributed by atoms with Crippen molar-refractivity contribution in [3.05, 3.63) is 59.7 Å². The van der Waals surface area contributed by atoms with Crippen molar-refractivity contribution in [2.45, 2.75) is 64.0 Å². The van der Waals surface area contributed by atoms with Crippen LogP contribution in [0, 0.1) is 0 Å². The van der Waals surface area contributed by atoms with Crippen LogP contribution in [0.4, 0.5) is 4.79 Å². The highest BCUT2D eigenvalue weighted by Gasteiger charge is 2.29. The Kier molecular flexibility index (Phi) is 8.46. The summed E-state index contributed by atoms with van der Waals surface area (Å²) in [4.78, 5) is 35.4. The van der Waals surface area contributed by atoms with E-state index in [0.717, 1.165) is 11.1 Å². The Balaban J connectivity index is 1.49. The van der Waals surface area contributed by atoms with Crippen LogP contribution < -0.4 is 10.6 Å². The molecule has 0 radical (unpaired) electrons. The highest BCUT2D eigenvalue weighted by atomic mass is 16.5. The third-order valence-corrected chi connectivity index (χ3v) is 6.03. The molecule has 2 amide bonds. The second kappa shape index (κ2) is 11.5. The van der Waals surface area contributed by atoms with Crippen LogP contribution in [0.1, 0.15) is 63.0 Å². The minimum absolute atomic E-state index is 0.0156. The SMILES string of the molecule is CCC(CC(=O)NC(C)CCCC(=O)O)NC(=O)OCC1c2ccccc2-c2ccccc21. The van der Waals surface area contributed by atoms with Crippen molar-refractivity contribution < 1.29 is 24.2 Å². The summed E-state index contributed by atoms with van der Waals surface area (Å²) in [7, 11) is 0. The van der Waals surface area contributed by atoms with E-state index in [-0.39, 0.29) is 43.4 Å². The number of amides is 2. The monoisotopic (exact) mass is 452 g/mol. The fraction of sp³-hybridized carbons (Fsp3) is 0.423. The van der Waals surface area contributed by atoms with E-state index in [1.54, 1.807) is 0 Å². The molecular weight excluding hydrogens is 420 g/mol. The molecule has 0 aromatic heterocycles. The smallest absolute Gasteiger partial charge is 0.407 e. The molecule has 0 bridgehead atoms. The maximum absolute atomic E-state index is 12.5. The van der Waals surface area contributed by atoms with E-state index >= 15 is 0 Å². The Bertz CT molecular complexity index is 945. The molecular formula is C26H32N2O5. The summed E-state index contributed by atoms with van der Waals surface area (Å²) < 4.78 is 5.57. The standard InChI is InChI=1S/C26H32N2O5/c1-3-18(15-24(29)27-17(2)9-8-14-25(30)31)28-26(32)33-16-23-21-12-6-4-10-19(21)20-11-5-7-13-22(20)23/h4-7,10-13,17-18,23H,3,8-9,14-16H2,1-2H3,(H,27,29)(H,28,32)(H,30,31). The predicted molar refractivity (Wildman–Crippen MR) is 126 cm³/mol. The summed E-state index contributed by atoms with van der Waals surface area (Å²) in [6.45, 7) is 3.97. The van der Waals surface area contributed by atoms with Crippen LogP contribution in [0.5, 0.6) is 0 Å². The number of carboxylic acid groups (broad SMARTS) is 1. The Hall–Kier alpha value is -3.35. The first-order valence-electron chi connectivity index (χ1n) is 11.5. The fourth-order valence-corrected chi connectivity index (χ4v) is 4.29. The van der Waals surface area contributed by atoms with E-state index in [1.807, 2.05) is 38.1 Å². The van der Waals surface area contributed by atoms with Gasteiger partial charge < -0.3 is 20.5 Å². The average molecular weight is 453 g/mol. The molecule has 0 saturated carbocycles. The molecule has 2 atom stereocenters. The molecule has 1 aliphatic carbocycles. The van der Waals surface area contributed by atoms with Gasteiger partial charge >= 0.3 is 12.1 Å². The largest absolute Gasteiger partial charge is 0.481 e. The lowest BCUT2D eigenvalue weighted by molar-refractivity contribution is -0.137. The van der Waals surface area contributed by atoms with Gasteiger partial charge in [-0.15, -0.1) is 0 Å². The van der Waals surface area contributed by atoms with Gasteiger partial charge in [0.1, 0.15) is 6.61 Å². The number of rotatable bonds is 11. The molecule has 2 aromatic carbocycles. The summed E-state index contributed by atoms with van der Waals surface area (Å²) in [6, 6.07) is 15.8. The zero-order valence-corrected chi connectivity index (χ0v) is 19.2. The van der Waals surface area contributed by atoms with E-state index in [1.165, 1.54) is 11.1 Å². The maximum Gasteiger partial charge on any atom is 0.407 e. The highest BCUT2D eigenvalue weighted by Crippen LogP contribution is 2.44. The van der Waals surface area contributed by atoms with Crippen molar-refractivity contribution in [3.63, 3.8) is 0 Å². The second-order valence-corrected chi connectivity index (χ2v) is 8.53. The number of aliphatic carboxylic acids is 1. The van der Waals surface area contributed by atoms with Gasteiger partial charge in [-0.25, -0.2) is 4.79 Å². The third kappa shape index (κ3) is 6.57. The molecule has 0 heterocycles. The number of benzene rings is 2. The summed E-state index contributed by atoms with van der Waals surface area (Å²) in [5.41, 5.74) is 4.63. The highest BCUT2D eigenvalue weighted by molar-refractivity contribution is 5.79. The van der Waals surface area contributed by atoms with Gasteiger partial charge in [0.05, 0.1) is 0 Å². The molecule has 1 aliphatic rings. The number of carbonyl (C=O) groups excluding carboxylic acids is 2. The molecule has 0 fully saturated rings. The van der Waals surface area contributed by atoms with Crippen molar-refractivity contribution in [3.8, 4) is 11.1 Å². The van der Waals surface area contributed by atoms with Gasteiger partial charge in [0.25, 0.3) is 0 Å². The van der Waals surface area contributed by atoms with Crippen LogP contribution in [0.2, 0.25) is 0 Å². The first kappa shape index (κ1) is 24.3. The number of hydrogen-bond donors (Lipinski definition) is 3. The Morgan fingerprint density at radius 3 is 2.18 bits per heavy atom. The van der Waals surface area contributed by atoms with Crippen molar-refractivity contribution in [1.82, 2.24) is 10.6 Å². The molecule has 0 saturated heterocycles. The molecule has 2 unspecified atom stereocenters. The molecule has 0 spiro atoms. The summed E-state index contributed by atoms with van der Waals surface area (Å²) in [5.74, 6) is -1.03. The zero-order valence-electron chi connectivity index (χ0n) is 19.2. The summed E-state index contributed by atoms with van der Waals surface area (Å²) >= 11 is 0. The molecule has 3 rings (SSSR count). The fourth-order valence-electron chi connectivity index (χ4n) is 4.29. The number of hydrogen-bond acceptors (Lipinski definition) is 4. The van der Waals surface area contributed by atoms with Crippen LogP contribution in [-0.4, -0.2) is 41.8 Å². The molecule has 2 aromatic rings. The number of nitrogens with one attached hydrogen (secondary N) is 2. The lowest BCUT2D eigenvalue weighted by Crippen LogP contribution is -2.41. The van der Waals surface area contributed by atoms with Gasteiger partial charge in [-0.05, 0) is 48.4 Å². The zero-order chi connectivity index (χ0) is 23.8. The van der Waals surface area contributed by atoms with Gasteiger partial charge in [0, 0.05) is 30.8 Å².